The Hall–Kier alpha value is -1.25. The van der Waals surface area contributed by atoms with Crippen molar-refractivity contribution in [2.75, 3.05) is 6.61 Å². The van der Waals surface area contributed by atoms with Gasteiger partial charge in [0.25, 0.3) is 0 Å². The number of hydrogen-bond acceptors (Lipinski definition) is 6. The van der Waals surface area contributed by atoms with E-state index in [1.165, 1.54) is 24.3 Å². The number of aliphatic hydroxyl groups excluding tert-OH is 4. The molecule has 1 aliphatic heterocycles. The number of halogens is 1. The van der Waals surface area contributed by atoms with Crippen LogP contribution in [0, 0.1) is 5.82 Å². The van der Waals surface area contributed by atoms with E-state index in [-0.39, 0.29) is 5.75 Å². The lowest BCUT2D eigenvalue weighted by molar-refractivity contribution is -0.277. The fourth-order valence-corrected chi connectivity index (χ4v) is 1.81. The average Bonchev–Trinajstić information content (AvgIpc) is 2.42. The topological polar surface area (TPSA) is 99.4 Å². The van der Waals surface area contributed by atoms with E-state index in [4.69, 9.17) is 14.6 Å². The van der Waals surface area contributed by atoms with Gasteiger partial charge >= 0.3 is 0 Å². The molecule has 3 unspecified atom stereocenters. The van der Waals surface area contributed by atoms with E-state index in [0.717, 1.165) is 0 Å². The second-order valence-corrected chi connectivity index (χ2v) is 4.27. The number of hydrogen-bond donors (Lipinski definition) is 4. The Morgan fingerprint density at radius 2 is 1.68 bits per heavy atom. The third-order valence-electron chi connectivity index (χ3n) is 2.91. The van der Waals surface area contributed by atoms with Gasteiger partial charge in [-0.15, -0.1) is 0 Å². The van der Waals surface area contributed by atoms with Crippen LogP contribution in [-0.4, -0.2) is 57.7 Å². The van der Waals surface area contributed by atoms with Crippen LogP contribution in [0.25, 0.3) is 0 Å². The molecule has 0 aromatic heterocycles. The van der Waals surface area contributed by atoms with Crippen molar-refractivity contribution in [3.63, 3.8) is 0 Å². The van der Waals surface area contributed by atoms with Gasteiger partial charge in [0.2, 0.25) is 6.29 Å². The van der Waals surface area contributed by atoms with Crippen molar-refractivity contribution in [2.45, 2.75) is 30.7 Å². The zero-order valence-corrected chi connectivity index (χ0v) is 9.89. The van der Waals surface area contributed by atoms with Crippen LogP contribution >= 0.6 is 0 Å². The minimum Gasteiger partial charge on any atom is -0.462 e. The van der Waals surface area contributed by atoms with Crippen LogP contribution in [-0.2, 0) is 4.74 Å². The highest BCUT2D eigenvalue weighted by Gasteiger charge is 2.44. The molecule has 0 amide bonds. The number of benzene rings is 1. The maximum Gasteiger partial charge on any atom is 0.229 e. The molecule has 0 aliphatic carbocycles. The highest BCUT2D eigenvalue weighted by atomic mass is 19.1. The second-order valence-electron chi connectivity index (χ2n) is 4.27. The lowest BCUT2D eigenvalue weighted by atomic mass is 9.99. The van der Waals surface area contributed by atoms with Crippen molar-refractivity contribution < 1.29 is 34.3 Å². The smallest absolute Gasteiger partial charge is 0.229 e. The number of rotatable bonds is 3. The first-order valence-corrected chi connectivity index (χ1v) is 5.75. The molecule has 2 rings (SSSR count). The molecular formula is C12H15FO6. The largest absolute Gasteiger partial charge is 0.462 e. The van der Waals surface area contributed by atoms with Crippen molar-refractivity contribution in [1.82, 2.24) is 0 Å². The van der Waals surface area contributed by atoms with Gasteiger partial charge in [0.05, 0.1) is 6.61 Å². The van der Waals surface area contributed by atoms with Crippen LogP contribution in [0.15, 0.2) is 24.3 Å². The summed E-state index contributed by atoms with van der Waals surface area (Å²) in [7, 11) is 0. The fourth-order valence-electron chi connectivity index (χ4n) is 1.81. The van der Waals surface area contributed by atoms with Crippen molar-refractivity contribution in [1.29, 1.82) is 0 Å². The SMILES string of the molecule is OCC1O[C@@H](Oc2ccc(F)cc2)C(O)C(O)[C@H]1O. The first kappa shape index (κ1) is 14.2. The summed E-state index contributed by atoms with van der Waals surface area (Å²) < 4.78 is 23.1. The normalized spacial score (nSPS) is 35.1. The molecule has 0 spiro atoms. The summed E-state index contributed by atoms with van der Waals surface area (Å²) in [6, 6.07) is 4.99. The standard InChI is InChI=1S/C12H15FO6/c13-6-1-3-7(4-2-6)18-12-11(17)10(16)9(15)8(5-14)19-12/h1-4,8-12,14-17H,5H2/t8?,9-,10?,11?,12+/m0/s1. The summed E-state index contributed by atoms with van der Waals surface area (Å²) in [5.74, 6) is -0.216. The summed E-state index contributed by atoms with van der Waals surface area (Å²) in [6.07, 6.45) is -6.72. The summed E-state index contributed by atoms with van der Waals surface area (Å²) in [5.41, 5.74) is 0. The van der Waals surface area contributed by atoms with Crippen LogP contribution in [0.5, 0.6) is 5.75 Å². The molecule has 1 fully saturated rings. The Morgan fingerprint density at radius 1 is 1.05 bits per heavy atom. The first-order chi connectivity index (χ1) is 9.02. The number of aliphatic hydroxyl groups is 4. The molecule has 1 heterocycles. The van der Waals surface area contributed by atoms with Crippen LogP contribution < -0.4 is 4.74 Å². The van der Waals surface area contributed by atoms with Gasteiger partial charge in [-0.2, -0.15) is 0 Å². The zero-order chi connectivity index (χ0) is 14.0. The molecule has 1 aromatic rings. The van der Waals surface area contributed by atoms with Crippen molar-refractivity contribution in [3.8, 4) is 5.75 Å². The third kappa shape index (κ3) is 3.02. The van der Waals surface area contributed by atoms with Crippen LogP contribution in [0.2, 0.25) is 0 Å². The zero-order valence-electron chi connectivity index (χ0n) is 9.89. The van der Waals surface area contributed by atoms with E-state index < -0.39 is 43.1 Å². The molecule has 6 nitrogen and oxygen atoms in total. The molecule has 4 N–H and O–H groups in total. The molecule has 0 radical (unpaired) electrons. The highest BCUT2D eigenvalue weighted by molar-refractivity contribution is 5.22. The van der Waals surface area contributed by atoms with Crippen molar-refractivity contribution >= 4 is 0 Å². The maximum atomic E-state index is 12.7. The van der Waals surface area contributed by atoms with E-state index in [2.05, 4.69) is 0 Å². The summed E-state index contributed by atoms with van der Waals surface area (Å²) in [6.45, 7) is -0.534. The van der Waals surface area contributed by atoms with E-state index in [1.54, 1.807) is 0 Å². The molecule has 106 valence electrons. The average molecular weight is 274 g/mol. The van der Waals surface area contributed by atoms with Gasteiger partial charge in [-0.1, -0.05) is 0 Å². The second kappa shape index (κ2) is 5.81. The summed E-state index contributed by atoms with van der Waals surface area (Å²) >= 11 is 0. The molecule has 19 heavy (non-hydrogen) atoms. The van der Waals surface area contributed by atoms with Gasteiger partial charge in [-0.25, -0.2) is 4.39 Å². The molecule has 0 saturated carbocycles. The molecule has 1 saturated heterocycles. The molecule has 1 aromatic carbocycles. The Kier molecular flexibility index (Phi) is 4.33. The van der Waals surface area contributed by atoms with E-state index in [0.29, 0.717) is 0 Å². The predicted octanol–water partition coefficient (Wildman–Crippen LogP) is -0.996. The minimum absolute atomic E-state index is 0.228. The Morgan fingerprint density at radius 3 is 2.26 bits per heavy atom. The summed E-state index contributed by atoms with van der Waals surface area (Å²) in [5, 5.41) is 37.9. The van der Waals surface area contributed by atoms with E-state index in [9.17, 15) is 19.7 Å². The molecule has 0 bridgehead atoms. The Balaban J connectivity index is 2.08. The summed E-state index contributed by atoms with van der Waals surface area (Å²) in [4.78, 5) is 0. The molecule has 7 heteroatoms. The Bertz CT molecular complexity index is 409. The van der Waals surface area contributed by atoms with Gasteiger partial charge < -0.3 is 29.9 Å². The van der Waals surface area contributed by atoms with Crippen molar-refractivity contribution in [2.24, 2.45) is 0 Å². The lowest BCUT2D eigenvalue weighted by Crippen LogP contribution is -2.60. The predicted molar refractivity (Wildman–Crippen MR) is 60.8 cm³/mol. The van der Waals surface area contributed by atoms with E-state index in [1.807, 2.05) is 0 Å². The highest BCUT2D eigenvalue weighted by Crippen LogP contribution is 2.24. The number of ether oxygens (including phenoxy) is 2. The van der Waals surface area contributed by atoms with Crippen molar-refractivity contribution in [3.05, 3.63) is 30.1 Å². The van der Waals surface area contributed by atoms with Crippen LogP contribution in [0.3, 0.4) is 0 Å². The van der Waals surface area contributed by atoms with Gasteiger partial charge in [0.1, 0.15) is 36.0 Å². The molecule has 5 atom stereocenters. The van der Waals surface area contributed by atoms with Gasteiger partial charge in [0, 0.05) is 0 Å². The third-order valence-corrected chi connectivity index (χ3v) is 2.91. The fraction of sp³-hybridized carbons (Fsp3) is 0.500. The Labute approximate surface area is 108 Å². The van der Waals surface area contributed by atoms with Gasteiger partial charge in [0.15, 0.2) is 0 Å². The molecular weight excluding hydrogens is 259 g/mol. The lowest BCUT2D eigenvalue weighted by Gasteiger charge is -2.39. The van der Waals surface area contributed by atoms with E-state index >= 15 is 0 Å². The minimum atomic E-state index is -1.50. The molecule has 1 aliphatic rings. The van der Waals surface area contributed by atoms with Crippen LogP contribution in [0.4, 0.5) is 4.39 Å². The monoisotopic (exact) mass is 274 g/mol. The van der Waals surface area contributed by atoms with Crippen LogP contribution in [0.1, 0.15) is 0 Å². The quantitative estimate of drug-likeness (QED) is 0.564. The van der Waals surface area contributed by atoms with Gasteiger partial charge in [-0.05, 0) is 24.3 Å². The first-order valence-electron chi connectivity index (χ1n) is 5.75. The van der Waals surface area contributed by atoms with Gasteiger partial charge in [-0.3, -0.25) is 0 Å². The maximum absolute atomic E-state index is 12.7.